The van der Waals surface area contributed by atoms with Gasteiger partial charge in [0.25, 0.3) is 0 Å². The van der Waals surface area contributed by atoms with Crippen LogP contribution in [0.4, 0.5) is 13.2 Å². The Morgan fingerprint density at radius 3 is 2.50 bits per heavy atom. The number of alkyl halides is 3. The first-order chi connectivity index (χ1) is 9.53. The summed E-state index contributed by atoms with van der Waals surface area (Å²) in [5, 5.41) is 3.34. The minimum atomic E-state index is -4.63. The van der Waals surface area contributed by atoms with Crippen molar-refractivity contribution in [1.29, 1.82) is 0 Å². The fourth-order valence-electron chi connectivity index (χ4n) is 2.27. The summed E-state index contributed by atoms with van der Waals surface area (Å²) in [5.74, 6) is 0.478. The van der Waals surface area contributed by atoms with E-state index in [-0.39, 0.29) is 5.75 Å². The molecule has 0 radical (unpaired) electrons. The van der Waals surface area contributed by atoms with Gasteiger partial charge in [0.2, 0.25) is 0 Å². The number of hydrogen-bond donors (Lipinski definition) is 1. The molecule has 2 nitrogen and oxygen atoms in total. The van der Waals surface area contributed by atoms with Gasteiger partial charge < -0.3 is 10.1 Å². The molecule has 0 amide bonds. The summed E-state index contributed by atoms with van der Waals surface area (Å²) >= 11 is 0. The lowest BCUT2D eigenvalue weighted by molar-refractivity contribution is -0.274. The van der Waals surface area contributed by atoms with Crippen LogP contribution in [0.3, 0.4) is 0 Å². The Hall–Kier alpha value is -1.49. The molecule has 1 aromatic carbocycles. The van der Waals surface area contributed by atoms with E-state index >= 15 is 0 Å². The van der Waals surface area contributed by atoms with Gasteiger partial charge >= 0.3 is 6.36 Å². The van der Waals surface area contributed by atoms with Crippen LogP contribution >= 0.6 is 0 Å². The molecule has 1 aliphatic rings. The zero-order valence-corrected chi connectivity index (χ0v) is 11.1. The fourth-order valence-corrected chi connectivity index (χ4v) is 2.27. The van der Waals surface area contributed by atoms with Crippen LogP contribution in [0.5, 0.6) is 5.75 Å². The zero-order valence-electron chi connectivity index (χ0n) is 11.1. The highest BCUT2D eigenvalue weighted by atomic mass is 19.4. The Morgan fingerprint density at radius 2 is 1.90 bits per heavy atom. The molecule has 1 atom stereocenters. The van der Waals surface area contributed by atoms with E-state index in [9.17, 15) is 13.2 Å². The summed E-state index contributed by atoms with van der Waals surface area (Å²) in [4.78, 5) is 0. The lowest BCUT2D eigenvalue weighted by Crippen LogP contribution is -2.23. The molecule has 0 bridgehead atoms. The molecular formula is C15H18F3NO. The van der Waals surface area contributed by atoms with E-state index in [4.69, 9.17) is 0 Å². The van der Waals surface area contributed by atoms with Crippen molar-refractivity contribution < 1.29 is 17.9 Å². The molecule has 0 aromatic heterocycles. The molecule has 1 aromatic rings. The van der Waals surface area contributed by atoms with Gasteiger partial charge in [-0.2, -0.15) is 0 Å². The van der Waals surface area contributed by atoms with Crippen molar-refractivity contribution in [2.45, 2.75) is 32.2 Å². The van der Waals surface area contributed by atoms with Gasteiger partial charge in [0.15, 0.2) is 0 Å². The molecule has 2 rings (SSSR count). The van der Waals surface area contributed by atoms with Crippen LogP contribution < -0.4 is 10.1 Å². The van der Waals surface area contributed by atoms with Gasteiger partial charge in [-0.1, -0.05) is 24.3 Å². The van der Waals surface area contributed by atoms with E-state index in [0.29, 0.717) is 12.5 Å². The maximum Gasteiger partial charge on any atom is 0.573 e. The Balaban J connectivity index is 1.74. The van der Waals surface area contributed by atoms with Crippen LogP contribution in [0.1, 0.15) is 24.8 Å². The minimum Gasteiger partial charge on any atom is -0.406 e. The standard InChI is InChI=1S/C15H18F3NO/c16-15(17,18)20-14-8-6-13(7-9-14)11-19-10-12-4-2-1-3-5-12/h1-2,6-9,12,19H,3-5,10-11H2. The SMILES string of the molecule is FC(F)(F)Oc1ccc(CNCC2CC=CCC2)cc1. The number of allylic oxidation sites excluding steroid dienone is 2. The second-order valence-electron chi connectivity index (χ2n) is 4.97. The molecule has 0 heterocycles. The van der Waals surface area contributed by atoms with Gasteiger partial charge in [-0.25, -0.2) is 0 Å². The monoisotopic (exact) mass is 285 g/mol. The van der Waals surface area contributed by atoms with Crippen LogP contribution in [0, 0.1) is 5.92 Å². The Labute approximate surface area is 116 Å². The highest BCUT2D eigenvalue weighted by molar-refractivity contribution is 5.27. The topological polar surface area (TPSA) is 21.3 Å². The van der Waals surface area contributed by atoms with Gasteiger partial charge in [0, 0.05) is 6.54 Å². The van der Waals surface area contributed by atoms with Crippen LogP contribution in [-0.4, -0.2) is 12.9 Å². The minimum absolute atomic E-state index is 0.182. The number of nitrogens with one attached hydrogen (secondary N) is 1. The first-order valence-corrected chi connectivity index (χ1v) is 6.73. The molecule has 1 aliphatic carbocycles. The first-order valence-electron chi connectivity index (χ1n) is 6.73. The van der Waals surface area contributed by atoms with E-state index in [1.54, 1.807) is 12.1 Å². The summed E-state index contributed by atoms with van der Waals surface area (Å²) < 4.78 is 39.9. The van der Waals surface area contributed by atoms with Crippen LogP contribution in [0.15, 0.2) is 36.4 Å². The van der Waals surface area contributed by atoms with E-state index in [1.165, 1.54) is 18.6 Å². The highest BCUT2D eigenvalue weighted by Crippen LogP contribution is 2.22. The quantitative estimate of drug-likeness (QED) is 0.825. The molecule has 1 unspecified atom stereocenters. The fraction of sp³-hybridized carbons (Fsp3) is 0.467. The Bertz CT molecular complexity index is 439. The van der Waals surface area contributed by atoms with E-state index < -0.39 is 6.36 Å². The van der Waals surface area contributed by atoms with Gasteiger partial charge in [0.05, 0.1) is 0 Å². The highest BCUT2D eigenvalue weighted by Gasteiger charge is 2.30. The second-order valence-corrected chi connectivity index (χ2v) is 4.97. The molecular weight excluding hydrogens is 267 g/mol. The number of hydrogen-bond acceptors (Lipinski definition) is 2. The number of halogens is 3. The predicted molar refractivity (Wildman–Crippen MR) is 71.3 cm³/mol. The number of benzene rings is 1. The molecule has 0 saturated heterocycles. The van der Waals surface area contributed by atoms with Crippen molar-refractivity contribution in [2.75, 3.05) is 6.54 Å². The van der Waals surface area contributed by atoms with Crippen molar-refractivity contribution in [1.82, 2.24) is 5.32 Å². The smallest absolute Gasteiger partial charge is 0.406 e. The summed E-state index contributed by atoms with van der Waals surface area (Å²) in [6.07, 6.45) is 3.21. The lowest BCUT2D eigenvalue weighted by Gasteiger charge is -2.18. The van der Waals surface area contributed by atoms with E-state index in [0.717, 1.165) is 24.9 Å². The summed E-state index contributed by atoms with van der Waals surface area (Å²) in [6.45, 7) is 1.59. The third kappa shape index (κ3) is 5.25. The van der Waals surface area contributed by atoms with E-state index in [2.05, 4.69) is 22.2 Å². The van der Waals surface area contributed by atoms with Crippen molar-refractivity contribution in [3.8, 4) is 5.75 Å². The molecule has 1 N–H and O–H groups in total. The summed E-state index contributed by atoms with van der Waals surface area (Å²) in [7, 11) is 0. The molecule has 0 saturated carbocycles. The maximum atomic E-state index is 12.0. The van der Waals surface area contributed by atoms with Gasteiger partial charge in [-0.05, 0) is 49.4 Å². The summed E-state index contributed by atoms with van der Waals surface area (Å²) in [6, 6.07) is 5.98. The second kappa shape index (κ2) is 6.79. The zero-order chi connectivity index (χ0) is 14.4. The first kappa shape index (κ1) is 14.9. The third-order valence-corrected chi connectivity index (χ3v) is 3.30. The largest absolute Gasteiger partial charge is 0.573 e. The molecule has 5 heteroatoms. The average Bonchev–Trinajstić information content (AvgIpc) is 2.40. The van der Waals surface area contributed by atoms with Crippen molar-refractivity contribution in [3.05, 3.63) is 42.0 Å². The normalized spacial score (nSPS) is 19.1. The molecule has 0 fully saturated rings. The summed E-state index contributed by atoms with van der Waals surface area (Å²) in [5.41, 5.74) is 0.950. The van der Waals surface area contributed by atoms with Crippen LogP contribution in [0.2, 0.25) is 0 Å². The van der Waals surface area contributed by atoms with Crippen LogP contribution in [-0.2, 0) is 6.54 Å². The number of ether oxygens (including phenoxy) is 1. The van der Waals surface area contributed by atoms with E-state index in [1.807, 2.05) is 0 Å². The van der Waals surface area contributed by atoms with Crippen LogP contribution in [0.25, 0.3) is 0 Å². The van der Waals surface area contributed by atoms with Crippen molar-refractivity contribution >= 4 is 0 Å². The number of rotatable bonds is 5. The Morgan fingerprint density at radius 1 is 1.15 bits per heavy atom. The maximum absolute atomic E-state index is 12.0. The molecule has 110 valence electrons. The van der Waals surface area contributed by atoms with Crippen molar-refractivity contribution in [3.63, 3.8) is 0 Å². The lowest BCUT2D eigenvalue weighted by atomic mass is 9.94. The van der Waals surface area contributed by atoms with Gasteiger partial charge in [-0.3, -0.25) is 0 Å². The molecule has 20 heavy (non-hydrogen) atoms. The molecule has 0 spiro atoms. The Kier molecular flexibility index (Phi) is 5.06. The van der Waals surface area contributed by atoms with Gasteiger partial charge in [-0.15, -0.1) is 13.2 Å². The third-order valence-electron chi connectivity index (χ3n) is 3.30. The predicted octanol–water partition coefficient (Wildman–Crippen LogP) is 4.03. The van der Waals surface area contributed by atoms with Gasteiger partial charge in [0.1, 0.15) is 5.75 Å². The molecule has 0 aliphatic heterocycles. The average molecular weight is 285 g/mol. The van der Waals surface area contributed by atoms with Crippen molar-refractivity contribution in [2.24, 2.45) is 5.92 Å².